The van der Waals surface area contributed by atoms with Crippen LogP contribution in [0.3, 0.4) is 0 Å². The van der Waals surface area contributed by atoms with E-state index >= 15 is 0 Å². The van der Waals surface area contributed by atoms with Gasteiger partial charge in [0.15, 0.2) is 19.8 Å². The molecule has 1 atom stereocenters. The fraction of sp³-hybridized carbons (Fsp3) is 0.375. The van der Waals surface area contributed by atoms with Crippen LogP contribution in [0.5, 0.6) is 0 Å². The van der Waals surface area contributed by atoms with Crippen LogP contribution < -0.4 is 16.1 Å². The van der Waals surface area contributed by atoms with Crippen molar-refractivity contribution >= 4 is 42.5 Å². The number of carbonyl (C=O) groups excluding carboxylic acids is 2. The van der Waals surface area contributed by atoms with Gasteiger partial charge in [0.2, 0.25) is 0 Å². The van der Waals surface area contributed by atoms with E-state index in [0.29, 0.717) is 23.5 Å². The molecule has 0 aliphatic rings. The van der Waals surface area contributed by atoms with E-state index < -0.39 is 20.2 Å². The molecule has 0 bridgehead atoms. The van der Waals surface area contributed by atoms with Crippen LogP contribution in [0.2, 0.25) is 0 Å². The summed E-state index contributed by atoms with van der Waals surface area (Å²) in [6.07, 6.45) is 10.7. The Morgan fingerprint density at radius 2 is 1.81 bits per heavy atom. The molecular formula is C24H33N6O5P. The molecule has 12 heteroatoms. The molecule has 0 saturated carbocycles. The summed E-state index contributed by atoms with van der Waals surface area (Å²) in [5, 5.41) is 3.72. The summed E-state index contributed by atoms with van der Waals surface area (Å²) in [5.74, 6) is -0.670. The Morgan fingerprint density at radius 1 is 1.11 bits per heavy atom. The Kier molecular flexibility index (Phi) is 14.3. The zero-order valence-electron chi connectivity index (χ0n) is 21.0. The summed E-state index contributed by atoms with van der Waals surface area (Å²) in [5.41, 5.74) is 6.88. The summed E-state index contributed by atoms with van der Waals surface area (Å²) < 4.78 is 17.9. The number of benzene rings is 1. The summed E-state index contributed by atoms with van der Waals surface area (Å²) in [7, 11) is -1.56. The van der Waals surface area contributed by atoms with Crippen LogP contribution in [0.25, 0.3) is 11.2 Å². The molecule has 3 aromatic rings. The fourth-order valence-electron chi connectivity index (χ4n) is 2.69. The highest BCUT2D eigenvalue weighted by molar-refractivity contribution is 7.59. The number of hydrogen-bond donors (Lipinski definition) is 2. The number of ether oxygens (including phenoxy) is 2. The van der Waals surface area contributed by atoms with Gasteiger partial charge in [0.25, 0.3) is 0 Å². The lowest BCUT2D eigenvalue weighted by Gasteiger charge is -2.18. The third-order valence-electron chi connectivity index (χ3n) is 4.04. The van der Waals surface area contributed by atoms with Gasteiger partial charge in [-0.15, -0.1) is 12.8 Å². The minimum atomic E-state index is -1.56. The van der Waals surface area contributed by atoms with Crippen LogP contribution in [0.1, 0.15) is 27.7 Å². The van der Waals surface area contributed by atoms with Crippen LogP contribution in [0.15, 0.2) is 43.0 Å². The molecule has 0 radical (unpaired) electrons. The molecule has 2 aromatic heterocycles. The Balaban J connectivity index is 0.00000154. The molecule has 1 aromatic carbocycles. The molecule has 0 fully saturated rings. The Bertz CT molecular complexity index is 1090. The smallest absolute Gasteiger partial charge is 0.336 e. The summed E-state index contributed by atoms with van der Waals surface area (Å²) in [6.45, 7) is 7.88. The molecule has 11 nitrogen and oxygen atoms in total. The molecule has 3 rings (SSSR count). The van der Waals surface area contributed by atoms with Gasteiger partial charge in [0, 0.05) is 11.8 Å². The van der Waals surface area contributed by atoms with Crippen molar-refractivity contribution in [3.8, 4) is 12.8 Å². The van der Waals surface area contributed by atoms with Crippen LogP contribution in [0.4, 0.5) is 5.82 Å². The van der Waals surface area contributed by atoms with E-state index in [4.69, 9.17) is 19.7 Å². The SMILES string of the molecule is C#C.CC.CC(C)OC(=O)CNP(OC(=O)COCCn1cnc2c(N)ncnc21)c1ccccc1. The Labute approximate surface area is 212 Å². The first kappa shape index (κ1) is 30.5. The molecule has 36 heavy (non-hydrogen) atoms. The number of nitrogens with one attached hydrogen (secondary N) is 1. The number of carbonyl (C=O) groups is 2. The van der Waals surface area contributed by atoms with E-state index in [1.165, 1.54) is 6.33 Å². The lowest BCUT2D eigenvalue weighted by atomic mass is 10.4. The third kappa shape index (κ3) is 9.96. The minimum absolute atomic E-state index is 0.0778. The number of hydrogen-bond acceptors (Lipinski definition) is 10. The zero-order chi connectivity index (χ0) is 26.9. The van der Waals surface area contributed by atoms with Crippen molar-refractivity contribution in [3.05, 3.63) is 43.0 Å². The summed E-state index contributed by atoms with van der Waals surface area (Å²) >= 11 is 0. The highest BCUT2D eigenvalue weighted by Gasteiger charge is 2.19. The van der Waals surface area contributed by atoms with Gasteiger partial charge < -0.3 is 24.3 Å². The van der Waals surface area contributed by atoms with Gasteiger partial charge in [-0.3, -0.25) is 4.79 Å². The van der Waals surface area contributed by atoms with Crippen LogP contribution in [0, 0.1) is 12.8 Å². The maximum absolute atomic E-state index is 12.3. The predicted octanol–water partition coefficient (Wildman–Crippen LogP) is 2.42. The van der Waals surface area contributed by atoms with Crippen molar-refractivity contribution in [3.63, 3.8) is 0 Å². The fourth-order valence-corrected chi connectivity index (χ4v) is 4.01. The van der Waals surface area contributed by atoms with E-state index in [-0.39, 0.29) is 25.9 Å². The number of rotatable bonds is 11. The van der Waals surface area contributed by atoms with Gasteiger partial charge >= 0.3 is 11.9 Å². The monoisotopic (exact) mass is 516 g/mol. The van der Waals surface area contributed by atoms with Gasteiger partial charge in [0.1, 0.15) is 25.0 Å². The number of terminal acetylenes is 1. The number of fused-ring (bicyclic) bond motifs is 1. The molecule has 3 N–H and O–H groups in total. The highest BCUT2D eigenvalue weighted by Crippen LogP contribution is 2.30. The van der Waals surface area contributed by atoms with E-state index in [9.17, 15) is 9.59 Å². The number of nitrogen functional groups attached to an aromatic ring is 1. The zero-order valence-corrected chi connectivity index (χ0v) is 21.9. The molecule has 0 aliphatic carbocycles. The van der Waals surface area contributed by atoms with Crippen LogP contribution in [-0.2, 0) is 30.1 Å². The van der Waals surface area contributed by atoms with Crippen molar-refractivity contribution in [1.29, 1.82) is 0 Å². The second-order valence-corrected chi connectivity index (χ2v) is 8.49. The van der Waals surface area contributed by atoms with E-state index in [2.05, 4.69) is 32.9 Å². The van der Waals surface area contributed by atoms with Crippen LogP contribution >= 0.6 is 8.30 Å². The first-order valence-corrected chi connectivity index (χ1v) is 12.5. The van der Waals surface area contributed by atoms with Crippen molar-refractivity contribution in [2.45, 2.75) is 40.3 Å². The summed E-state index contributed by atoms with van der Waals surface area (Å²) in [6, 6.07) is 9.15. The van der Waals surface area contributed by atoms with Crippen LogP contribution in [-0.4, -0.2) is 57.3 Å². The maximum atomic E-state index is 12.3. The van der Waals surface area contributed by atoms with Crippen molar-refractivity contribution in [1.82, 2.24) is 24.6 Å². The maximum Gasteiger partial charge on any atom is 0.336 e. The highest BCUT2D eigenvalue weighted by atomic mass is 31.2. The standard InChI is InChI=1S/C20H25N6O5P.C2H6.C2H2/c1-14(2)30-16(27)10-25-32(15-6-4-3-5-7-15)31-17(28)11-29-9-8-26-13-24-18-19(21)22-12-23-20(18)26;2*1-2/h3-7,12-14,25H,8-11H2,1-2H3,(H2,21,22,23);1-2H3;1-2H. The van der Waals surface area contributed by atoms with E-state index in [1.54, 1.807) is 24.7 Å². The lowest BCUT2D eigenvalue weighted by molar-refractivity contribution is -0.146. The third-order valence-corrected chi connectivity index (χ3v) is 5.64. The molecule has 0 saturated heterocycles. The van der Waals surface area contributed by atoms with Crippen molar-refractivity contribution in [2.75, 3.05) is 25.5 Å². The molecule has 0 spiro atoms. The molecule has 2 heterocycles. The van der Waals surface area contributed by atoms with Gasteiger partial charge in [0.05, 0.1) is 19.0 Å². The van der Waals surface area contributed by atoms with Crippen molar-refractivity contribution in [2.24, 2.45) is 0 Å². The van der Waals surface area contributed by atoms with E-state index in [0.717, 1.165) is 5.30 Å². The average Bonchev–Trinajstić information content (AvgIpc) is 3.31. The number of anilines is 1. The van der Waals surface area contributed by atoms with E-state index in [1.807, 2.05) is 44.2 Å². The Morgan fingerprint density at radius 3 is 2.47 bits per heavy atom. The number of esters is 1. The number of nitrogens with zero attached hydrogens (tertiary/aromatic N) is 4. The van der Waals surface area contributed by atoms with Crippen molar-refractivity contribution < 1.29 is 23.6 Å². The topological polar surface area (TPSA) is 143 Å². The van der Waals surface area contributed by atoms with Gasteiger partial charge in [-0.05, 0) is 26.0 Å². The second kappa shape index (κ2) is 16.9. The van der Waals surface area contributed by atoms with Gasteiger partial charge in [-0.25, -0.2) is 24.8 Å². The number of aromatic nitrogens is 4. The average molecular weight is 517 g/mol. The minimum Gasteiger partial charge on any atom is -0.462 e. The van der Waals surface area contributed by atoms with Gasteiger partial charge in [-0.1, -0.05) is 32.0 Å². The Hall–Kier alpha value is -3.58. The second-order valence-electron chi connectivity index (χ2n) is 6.89. The number of nitrogens with two attached hydrogens (primary N) is 1. The largest absolute Gasteiger partial charge is 0.462 e. The first-order valence-electron chi connectivity index (χ1n) is 11.3. The molecule has 1 unspecified atom stereocenters. The molecule has 0 aliphatic heterocycles. The number of imidazole rings is 1. The normalized spacial score (nSPS) is 11.0. The molecule has 194 valence electrons. The lowest BCUT2D eigenvalue weighted by Crippen LogP contribution is -2.28. The molecule has 0 amide bonds. The first-order chi connectivity index (χ1) is 17.4. The van der Waals surface area contributed by atoms with Gasteiger partial charge in [-0.2, -0.15) is 0 Å². The summed E-state index contributed by atoms with van der Waals surface area (Å²) in [4.78, 5) is 36.4. The predicted molar refractivity (Wildman–Crippen MR) is 140 cm³/mol. The quantitative estimate of drug-likeness (QED) is 0.169. The molecular weight excluding hydrogens is 483 g/mol.